The largest absolute Gasteiger partial charge is 0.493 e. The summed E-state index contributed by atoms with van der Waals surface area (Å²) in [6.07, 6.45) is -0.0715. The molecule has 0 aliphatic carbocycles. The predicted molar refractivity (Wildman–Crippen MR) is 90.8 cm³/mol. The Morgan fingerprint density at radius 1 is 1.12 bits per heavy atom. The highest BCUT2D eigenvalue weighted by Gasteiger charge is 2.25. The van der Waals surface area contributed by atoms with Gasteiger partial charge in [-0.25, -0.2) is 0 Å². The lowest BCUT2D eigenvalue weighted by Crippen LogP contribution is -2.36. The molecule has 0 fully saturated rings. The van der Waals surface area contributed by atoms with Gasteiger partial charge in [0, 0.05) is 17.7 Å². The molecule has 1 aliphatic rings. The average molecular weight is 327 g/mol. The molecule has 126 valence electrons. The quantitative estimate of drug-likeness (QED) is 0.869. The van der Waals surface area contributed by atoms with E-state index in [4.69, 9.17) is 14.2 Å². The number of hydrogen-bond donors (Lipinski definition) is 0. The van der Waals surface area contributed by atoms with E-state index in [-0.39, 0.29) is 12.0 Å². The van der Waals surface area contributed by atoms with Crippen molar-refractivity contribution in [2.45, 2.75) is 19.6 Å². The third-order valence-corrected chi connectivity index (χ3v) is 4.06. The summed E-state index contributed by atoms with van der Waals surface area (Å²) in [6.45, 7) is 3.02. The molecule has 1 atom stereocenters. The van der Waals surface area contributed by atoms with Crippen LogP contribution in [0, 0.1) is 0 Å². The van der Waals surface area contributed by atoms with Crippen molar-refractivity contribution >= 4 is 5.91 Å². The van der Waals surface area contributed by atoms with Crippen LogP contribution in [0.5, 0.6) is 17.2 Å². The number of para-hydroxylation sites is 1. The molecular formula is C19H21NO4. The van der Waals surface area contributed by atoms with Gasteiger partial charge in [-0.05, 0) is 31.2 Å². The maximum Gasteiger partial charge on any atom is 0.254 e. The van der Waals surface area contributed by atoms with E-state index in [1.165, 1.54) is 0 Å². The fourth-order valence-corrected chi connectivity index (χ4v) is 2.89. The predicted octanol–water partition coefficient (Wildman–Crippen LogP) is 3.13. The van der Waals surface area contributed by atoms with E-state index in [0.717, 1.165) is 11.3 Å². The van der Waals surface area contributed by atoms with Crippen molar-refractivity contribution < 1.29 is 19.0 Å². The van der Waals surface area contributed by atoms with Gasteiger partial charge in [-0.1, -0.05) is 18.2 Å². The van der Waals surface area contributed by atoms with Crippen molar-refractivity contribution in [1.29, 1.82) is 0 Å². The first-order valence-electron chi connectivity index (χ1n) is 7.88. The third kappa shape index (κ3) is 3.15. The van der Waals surface area contributed by atoms with Gasteiger partial charge in [-0.15, -0.1) is 0 Å². The molecule has 1 amide bonds. The van der Waals surface area contributed by atoms with Gasteiger partial charge in [0.05, 0.1) is 20.8 Å². The van der Waals surface area contributed by atoms with Crippen LogP contribution in [-0.4, -0.2) is 37.7 Å². The second-order valence-electron chi connectivity index (χ2n) is 5.79. The lowest BCUT2D eigenvalue weighted by Gasteiger charge is -2.22. The van der Waals surface area contributed by atoms with E-state index in [9.17, 15) is 4.79 Å². The van der Waals surface area contributed by atoms with Crippen molar-refractivity contribution in [3.05, 3.63) is 53.6 Å². The van der Waals surface area contributed by atoms with Gasteiger partial charge in [0.15, 0.2) is 11.5 Å². The number of fused-ring (bicyclic) bond motifs is 1. The summed E-state index contributed by atoms with van der Waals surface area (Å²) in [5.41, 5.74) is 1.58. The van der Waals surface area contributed by atoms with Gasteiger partial charge < -0.3 is 19.1 Å². The van der Waals surface area contributed by atoms with Gasteiger partial charge in [-0.2, -0.15) is 0 Å². The molecule has 5 nitrogen and oxygen atoms in total. The summed E-state index contributed by atoms with van der Waals surface area (Å²) in [5, 5.41) is 0. The Morgan fingerprint density at radius 3 is 2.62 bits per heavy atom. The highest BCUT2D eigenvalue weighted by atomic mass is 16.5. The van der Waals surface area contributed by atoms with E-state index in [2.05, 4.69) is 0 Å². The Morgan fingerprint density at radius 2 is 1.88 bits per heavy atom. The Bertz CT molecular complexity index is 744. The van der Waals surface area contributed by atoms with Crippen LogP contribution >= 0.6 is 0 Å². The minimum Gasteiger partial charge on any atom is -0.493 e. The van der Waals surface area contributed by atoms with Gasteiger partial charge in [0.2, 0.25) is 0 Å². The number of carbonyl (C=O) groups excluding carboxylic acids is 1. The third-order valence-electron chi connectivity index (χ3n) is 4.06. The zero-order valence-electron chi connectivity index (χ0n) is 14.1. The van der Waals surface area contributed by atoms with E-state index in [1.54, 1.807) is 37.3 Å². The zero-order chi connectivity index (χ0) is 17.1. The van der Waals surface area contributed by atoms with Crippen LogP contribution in [0.25, 0.3) is 0 Å². The van der Waals surface area contributed by atoms with E-state index >= 15 is 0 Å². The lowest BCUT2D eigenvalue weighted by atomic mass is 10.1. The molecule has 1 unspecified atom stereocenters. The number of hydrogen-bond acceptors (Lipinski definition) is 4. The van der Waals surface area contributed by atoms with Crippen LogP contribution in [0.4, 0.5) is 0 Å². The first kappa shape index (κ1) is 16.2. The molecule has 0 spiro atoms. The Labute approximate surface area is 141 Å². The van der Waals surface area contributed by atoms with Crippen LogP contribution in [0.3, 0.4) is 0 Å². The van der Waals surface area contributed by atoms with Gasteiger partial charge in [0.1, 0.15) is 11.9 Å². The van der Waals surface area contributed by atoms with E-state index in [0.29, 0.717) is 30.2 Å². The number of carbonyl (C=O) groups is 1. The fourth-order valence-electron chi connectivity index (χ4n) is 2.89. The normalized spacial score (nSPS) is 16.6. The van der Waals surface area contributed by atoms with Crippen LogP contribution in [0.1, 0.15) is 22.8 Å². The zero-order valence-corrected chi connectivity index (χ0v) is 14.1. The number of rotatable bonds is 3. The standard InChI is InChI=1S/C19H21NO4/c1-13-11-20(12-15-6-4-5-7-16(15)24-13)19(21)14-8-9-17(22-2)18(10-14)23-3/h4-10,13H,11-12H2,1-3H3. The first-order valence-corrected chi connectivity index (χ1v) is 7.88. The molecule has 3 rings (SSSR count). The Balaban J connectivity index is 1.89. The highest BCUT2D eigenvalue weighted by molar-refractivity contribution is 5.95. The molecule has 5 heteroatoms. The number of benzene rings is 2. The summed E-state index contributed by atoms with van der Waals surface area (Å²) >= 11 is 0. The Hall–Kier alpha value is -2.69. The maximum absolute atomic E-state index is 12.9. The first-order chi connectivity index (χ1) is 11.6. The molecule has 2 aromatic carbocycles. The second-order valence-corrected chi connectivity index (χ2v) is 5.79. The molecular weight excluding hydrogens is 306 g/mol. The van der Waals surface area contributed by atoms with Crippen LogP contribution < -0.4 is 14.2 Å². The molecule has 0 saturated carbocycles. The highest BCUT2D eigenvalue weighted by Crippen LogP contribution is 2.30. The second kappa shape index (κ2) is 6.83. The van der Waals surface area contributed by atoms with Crippen molar-refractivity contribution in [3.63, 3.8) is 0 Å². The molecule has 0 saturated heterocycles. The van der Waals surface area contributed by atoms with Gasteiger partial charge in [0.25, 0.3) is 5.91 Å². The molecule has 0 radical (unpaired) electrons. The molecule has 1 heterocycles. The summed E-state index contributed by atoms with van der Waals surface area (Å²) in [6, 6.07) is 13.0. The lowest BCUT2D eigenvalue weighted by molar-refractivity contribution is 0.0690. The number of nitrogens with zero attached hydrogens (tertiary/aromatic N) is 1. The average Bonchev–Trinajstić information content (AvgIpc) is 2.78. The molecule has 2 aromatic rings. The molecule has 24 heavy (non-hydrogen) atoms. The van der Waals surface area contributed by atoms with E-state index in [1.807, 2.05) is 31.2 Å². The molecule has 0 bridgehead atoms. The molecule has 1 aliphatic heterocycles. The minimum atomic E-state index is -0.0715. The van der Waals surface area contributed by atoms with Crippen molar-refractivity contribution in [1.82, 2.24) is 4.90 Å². The summed E-state index contributed by atoms with van der Waals surface area (Å²) < 4.78 is 16.4. The summed E-state index contributed by atoms with van der Waals surface area (Å²) in [5.74, 6) is 1.94. The minimum absolute atomic E-state index is 0.0527. The summed E-state index contributed by atoms with van der Waals surface area (Å²) in [7, 11) is 3.13. The van der Waals surface area contributed by atoms with Gasteiger partial charge in [-0.3, -0.25) is 4.79 Å². The SMILES string of the molecule is COc1ccc(C(=O)N2Cc3ccccc3OC(C)C2)cc1OC. The van der Waals surface area contributed by atoms with Crippen molar-refractivity contribution in [2.75, 3.05) is 20.8 Å². The van der Waals surface area contributed by atoms with Crippen LogP contribution in [0.15, 0.2) is 42.5 Å². The maximum atomic E-state index is 12.9. The van der Waals surface area contributed by atoms with Crippen LogP contribution in [0.2, 0.25) is 0 Å². The van der Waals surface area contributed by atoms with E-state index < -0.39 is 0 Å². The van der Waals surface area contributed by atoms with Crippen LogP contribution in [-0.2, 0) is 6.54 Å². The fraction of sp³-hybridized carbons (Fsp3) is 0.316. The van der Waals surface area contributed by atoms with Gasteiger partial charge >= 0.3 is 0 Å². The molecule has 0 N–H and O–H groups in total. The summed E-state index contributed by atoms with van der Waals surface area (Å²) in [4.78, 5) is 14.8. The smallest absolute Gasteiger partial charge is 0.254 e. The number of methoxy groups -OCH3 is 2. The Kier molecular flexibility index (Phi) is 4.60. The molecule has 0 aromatic heterocycles. The monoisotopic (exact) mass is 327 g/mol. The topological polar surface area (TPSA) is 48.0 Å². The van der Waals surface area contributed by atoms with Crippen molar-refractivity contribution in [2.24, 2.45) is 0 Å². The number of ether oxygens (including phenoxy) is 3. The van der Waals surface area contributed by atoms with Crippen molar-refractivity contribution in [3.8, 4) is 17.2 Å². The number of amides is 1.